The zero-order chi connectivity index (χ0) is 11.7. The Bertz CT molecular complexity index is 181. The predicted octanol–water partition coefficient (Wildman–Crippen LogP) is 3.40. The van der Waals surface area contributed by atoms with Crippen molar-refractivity contribution in [3.8, 4) is 0 Å². The van der Waals surface area contributed by atoms with Crippen molar-refractivity contribution in [2.24, 2.45) is 0 Å². The molecule has 0 amide bonds. The number of carbonyl (C=O) groups is 1. The van der Waals surface area contributed by atoms with Gasteiger partial charge >= 0.3 is 6.16 Å². The topological polar surface area (TPSA) is 55.8 Å². The maximum absolute atomic E-state index is 10.4. The third-order valence-corrected chi connectivity index (χ3v) is 2.47. The van der Waals surface area contributed by atoms with Gasteiger partial charge in [0.2, 0.25) is 5.79 Å². The summed E-state index contributed by atoms with van der Waals surface area (Å²) in [6.45, 7) is 3.81. The van der Waals surface area contributed by atoms with E-state index in [1.807, 2.05) is 0 Å². The monoisotopic (exact) mass is 218 g/mol. The van der Waals surface area contributed by atoms with Crippen LogP contribution in [0.15, 0.2) is 0 Å². The number of hydrogen-bond donors (Lipinski definition) is 1. The molecule has 0 spiro atoms. The van der Waals surface area contributed by atoms with E-state index in [-0.39, 0.29) is 0 Å². The minimum Gasteiger partial charge on any atom is -0.450 e. The molecule has 90 valence electrons. The first kappa shape index (κ1) is 14.2. The lowest BCUT2D eigenvalue weighted by Crippen LogP contribution is -2.33. The number of ether oxygens (including phenoxy) is 2. The van der Waals surface area contributed by atoms with E-state index in [4.69, 9.17) is 9.84 Å². The van der Waals surface area contributed by atoms with Gasteiger partial charge in [0.1, 0.15) is 0 Å². The van der Waals surface area contributed by atoms with E-state index in [2.05, 4.69) is 11.7 Å². The van der Waals surface area contributed by atoms with Crippen LogP contribution in [0.1, 0.15) is 52.4 Å². The molecule has 0 aliphatic heterocycles. The lowest BCUT2D eigenvalue weighted by atomic mass is 10.1. The average Bonchev–Trinajstić information content (AvgIpc) is 2.16. The minimum absolute atomic E-state index is 0.611. The van der Waals surface area contributed by atoms with Crippen molar-refractivity contribution < 1.29 is 19.4 Å². The van der Waals surface area contributed by atoms with Crippen LogP contribution in [0.4, 0.5) is 4.79 Å². The molecule has 1 atom stereocenters. The summed E-state index contributed by atoms with van der Waals surface area (Å²) in [5.74, 6) is -0.988. The van der Waals surface area contributed by atoms with E-state index in [0.717, 1.165) is 12.8 Å². The summed E-state index contributed by atoms with van der Waals surface area (Å²) in [6, 6.07) is 0. The highest BCUT2D eigenvalue weighted by Gasteiger charge is 2.27. The number of methoxy groups -OCH3 is 1. The maximum Gasteiger partial charge on any atom is 0.508 e. The van der Waals surface area contributed by atoms with Crippen LogP contribution in [0.2, 0.25) is 0 Å². The summed E-state index contributed by atoms with van der Waals surface area (Å²) in [5, 5.41) is 8.52. The maximum atomic E-state index is 10.4. The van der Waals surface area contributed by atoms with Crippen LogP contribution in [0.5, 0.6) is 0 Å². The molecular weight excluding hydrogens is 196 g/mol. The van der Waals surface area contributed by atoms with E-state index in [1.54, 1.807) is 6.92 Å². The Labute approximate surface area is 91.6 Å². The first-order valence-electron chi connectivity index (χ1n) is 5.51. The first-order valence-corrected chi connectivity index (χ1v) is 5.51. The minimum atomic E-state index is -1.28. The fraction of sp³-hybridized carbons (Fsp3) is 0.909. The Hall–Kier alpha value is -0.770. The van der Waals surface area contributed by atoms with Crippen LogP contribution in [0, 0.1) is 0 Å². The van der Waals surface area contributed by atoms with Crippen molar-refractivity contribution >= 4 is 6.16 Å². The molecule has 0 rings (SSSR count). The molecular formula is C11H22O4. The summed E-state index contributed by atoms with van der Waals surface area (Å²) < 4.78 is 9.74. The quantitative estimate of drug-likeness (QED) is 0.385. The molecule has 0 aromatic rings. The van der Waals surface area contributed by atoms with Gasteiger partial charge in [-0.05, 0) is 6.42 Å². The molecule has 0 aromatic carbocycles. The Morgan fingerprint density at radius 1 is 1.27 bits per heavy atom. The van der Waals surface area contributed by atoms with Gasteiger partial charge in [-0.25, -0.2) is 4.79 Å². The molecule has 0 heterocycles. The Balaban J connectivity index is 3.73. The first-order chi connectivity index (χ1) is 7.04. The van der Waals surface area contributed by atoms with Crippen LogP contribution in [-0.2, 0) is 9.47 Å². The van der Waals surface area contributed by atoms with Gasteiger partial charge in [-0.1, -0.05) is 32.6 Å². The van der Waals surface area contributed by atoms with E-state index in [9.17, 15) is 4.79 Å². The van der Waals surface area contributed by atoms with Gasteiger partial charge in [0.25, 0.3) is 0 Å². The average molecular weight is 218 g/mol. The Kier molecular flexibility index (Phi) is 7.13. The normalized spacial score (nSPS) is 14.6. The van der Waals surface area contributed by atoms with Crippen LogP contribution in [0.25, 0.3) is 0 Å². The summed E-state index contributed by atoms with van der Waals surface area (Å²) in [7, 11) is 1.47. The zero-order valence-electron chi connectivity index (χ0n) is 9.91. The second-order valence-electron chi connectivity index (χ2n) is 3.87. The molecule has 0 saturated heterocycles. The van der Waals surface area contributed by atoms with Crippen LogP contribution in [0.3, 0.4) is 0 Å². The Morgan fingerprint density at radius 3 is 2.33 bits per heavy atom. The van der Waals surface area contributed by atoms with Gasteiger partial charge in [0, 0.05) is 20.5 Å². The van der Waals surface area contributed by atoms with E-state index in [0.29, 0.717) is 6.42 Å². The largest absolute Gasteiger partial charge is 0.508 e. The van der Waals surface area contributed by atoms with Crippen molar-refractivity contribution in [3.05, 3.63) is 0 Å². The second kappa shape index (κ2) is 7.51. The zero-order valence-corrected chi connectivity index (χ0v) is 9.91. The smallest absolute Gasteiger partial charge is 0.450 e. The summed E-state index contributed by atoms with van der Waals surface area (Å²) >= 11 is 0. The molecule has 4 heteroatoms. The third kappa shape index (κ3) is 7.19. The lowest BCUT2D eigenvalue weighted by molar-refractivity contribution is -0.185. The van der Waals surface area contributed by atoms with Crippen LogP contribution in [-0.4, -0.2) is 24.2 Å². The molecule has 0 aliphatic rings. The van der Waals surface area contributed by atoms with Crippen LogP contribution < -0.4 is 0 Å². The van der Waals surface area contributed by atoms with Gasteiger partial charge in [0.05, 0.1) is 0 Å². The van der Waals surface area contributed by atoms with Gasteiger partial charge < -0.3 is 14.6 Å². The summed E-state index contributed by atoms with van der Waals surface area (Å²) in [6.07, 6.45) is 4.96. The highest BCUT2D eigenvalue weighted by molar-refractivity contribution is 5.57. The second-order valence-corrected chi connectivity index (χ2v) is 3.87. The van der Waals surface area contributed by atoms with Crippen molar-refractivity contribution in [1.82, 2.24) is 0 Å². The third-order valence-electron chi connectivity index (χ3n) is 2.47. The fourth-order valence-corrected chi connectivity index (χ4v) is 1.43. The highest BCUT2D eigenvalue weighted by atomic mass is 16.8. The molecule has 1 unspecified atom stereocenters. The molecule has 0 radical (unpaired) electrons. The molecule has 0 saturated carbocycles. The van der Waals surface area contributed by atoms with Gasteiger partial charge in [-0.15, -0.1) is 0 Å². The molecule has 0 fully saturated rings. The van der Waals surface area contributed by atoms with E-state index < -0.39 is 11.9 Å². The lowest BCUT2D eigenvalue weighted by Gasteiger charge is -2.26. The van der Waals surface area contributed by atoms with Crippen molar-refractivity contribution in [2.45, 2.75) is 58.2 Å². The summed E-state index contributed by atoms with van der Waals surface area (Å²) in [5.41, 5.74) is 0. The molecule has 0 aliphatic carbocycles. The Morgan fingerprint density at radius 2 is 1.87 bits per heavy atom. The highest BCUT2D eigenvalue weighted by Crippen LogP contribution is 2.20. The van der Waals surface area contributed by atoms with Gasteiger partial charge in [0.15, 0.2) is 0 Å². The molecule has 0 aromatic heterocycles. The molecule has 15 heavy (non-hydrogen) atoms. The van der Waals surface area contributed by atoms with Crippen LogP contribution >= 0.6 is 0 Å². The SMILES string of the molecule is CCCCCCCC(C)(OC)OC(=O)O. The predicted molar refractivity (Wildman–Crippen MR) is 57.9 cm³/mol. The van der Waals surface area contributed by atoms with E-state index in [1.165, 1.54) is 26.4 Å². The van der Waals surface area contributed by atoms with Gasteiger partial charge in [-0.2, -0.15) is 0 Å². The standard InChI is InChI=1S/C11H22O4/c1-4-5-6-7-8-9-11(2,14-3)15-10(12)13/h4-9H2,1-3H3,(H,12,13). The number of unbranched alkanes of at least 4 members (excludes halogenated alkanes) is 4. The molecule has 4 nitrogen and oxygen atoms in total. The van der Waals surface area contributed by atoms with Crippen molar-refractivity contribution in [1.29, 1.82) is 0 Å². The number of carboxylic acid groups (broad SMARTS) is 1. The van der Waals surface area contributed by atoms with Crippen molar-refractivity contribution in [2.75, 3.05) is 7.11 Å². The van der Waals surface area contributed by atoms with Crippen molar-refractivity contribution in [3.63, 3.8) is 0 Å². The number of hydrogen-bond acceptors (Lipinski definition) is 3. The number of rotatable bonds is 8. The molecule has 1 N–H and O–H groups in total. The van der Waals surface area contributed by atoms with E-state index >= 15 is 0 Å². The fourth-order valence-electron chi connectivity index (χ4n) is 1.43. The van der Waals surface area contributed by atoms with Gasteiger partial charge in [-0.3, -0.25) is 0 Å². The molecule has 0 bridgehead atoms. The summed E-state index contributed by atoms with van der Waals surface area (Å²) in [4.78, 5) is 10.4.